The first-order valence-corrected chi connectivity index (χ1v) is 10.6. The van der Waals surface area contributed by atoms with Crippen LogP contribution in [0.25, 0.3) is 0 Å². The monoisotopic (exact) mass is 310 g/mol. The van der Waals surface area contributed by atoms with E-state index in [2.05, 4.69) is 13.2 Å². The average Bonchev–Trinajstić information content (AvgIpc) is 2.30. The van der Waals surface area contributed by atoms with Crippen LogP contribution in [0.3, 0.4) is 0 Å². The van der Waals surface area contributed by atoms with Crippen molar-refractivity contribution in [1.29, 1.82) is 0 Å². The zero-order valence-electron chi connectivity index (χ0n) is 14.2. The van der Waals surface area contributed by atoms with Gasteiger partial charge in [0.2, 0.25) is 0 Å². The summed E-state index contributed by atoms with van der Waals surface area (Å²) in [6.45, 7) is 19.1. The molecule has 0 rings (SSSR count). The normalized spacial score (nSPS) is 13.6. The van der Waals surface area contributed by atoms with Gasteiger partial charge in [0, 0.05) is 6.42 Å². The molecule has 0 amide bonds. The molecule has 0 aliphatic carbocycles. The van der Waals surface area contributed by atoms with Crippen LogP contribution < -0.4 is 0 Å². The van der Waals surface area contributed by atoms with Crippen LogP contribution >= 0.6 is 0 Å². The van der Waals surface area contributed by atoms with Gasteiger partial charge in [0.25, 0.3) is 0 Å². The number of rotatable bonds is 7. The molecule has 0 aromatic carbocycles. The quantitative estimate of drug-likeness (QED) is 0.384. The molecule has 0 radical (unpaired) electrons. The molecule has 0 aliphatic heterocycles. The number of hydrogen-bond acceptors (Lipinski definition) is 3. The van der Waals surface area contributed by atoms with Gasteiger partial charge in [0.05, 0.1) is 14.7 Å². The largest absolute Gasteiger partial charge is 0.392 e. The topological polar surface area (TPSA) is 60.7 Å². The van der Waals surface area contributed by atoms with E-state index in [-0.39, 0.29) is 13.0 Å². The van der Waals surface area contributed by atoms with E-state index in [0.29, 0.717) is 10.8 Å². The van der Waals surface area contributed by atoms with Gasteiger partial charge >= 0.3 is 0 Å². The maximum atomic E-state index is 10.7. The molecule has 0 atom stereocenters. The molecule has 0 aliphatic rings. The maximum Gasteiger partial charge on any atom is 0.186 e. The molecule has 0 saturated heterocycles. The number of aliphatic hydroxyl groups is 3. The number of hydrogen-bond donors (Lipinski definition) is 3. The van der Waals surface area contributed by atoms with Crippen molar-refractivity contribution in [3.63, 3.8) is 0 Å². The Balaban J connectivity index is 6.05. The molecule has 0 heterocycles. The van der Waals surface area contributed by atoms with Crippen LogP contribution in [0.1, 0.15) is 27.2 Å². The Morgan fingerprint density at radius 2 is 1.62 bits per heavy atom. The third-order valence-corrected chi connectivity index (χ3v) is 5.65. The van der Waals surface area contributed by atoms with E-state index < -0.39 is 13.9 Å². The van der Waals surface area contributed by atoms with E-state index in [4.69, 9.17) is 0 Å². The third kappa shape index (κ3) is 5.40. The lowest BCUT2D eigenvalue weighted by atomic mass is 9.94. The molecule has 0 spiro atoms. The molecule has 0 bridgehead atoms. The Hall–Kier alpha value is -0.943. The Labute approximate surface area is 130 Å². The fourth-order valence-electron chi connectivity index (χ4n) is 2.67. The van der Waals surface area contributed by atoms with Crippen LogP contribution in [0.2, 0.25) is 19.6 Å². The second-order valence-electron chi connectivity index (χ2n) is 6.76. The van der Waals surface area contributed by atoms with Gasteiger partial charge in [-0.2, -0.15) is 0 Å². The Bertz CT molecular complexity index is 473. The maximum absolute atomic E-state index is 10.7. The molecule has 3 nitrogen and oxygen atoms in total. The second kappa shape index (κ2) is 7.36. The van der Waals surface area contributed by atoms with Gasteiger partial charge in [0.1, 0.15) is 0 Å². The highest BCUT2D eigenvalue weighted by atomic mass is 28.3. The Morgan fingerprint density at radius 3 is 1.86 bits per heavy atom. The van der Waals surface area contributed by atoms with Gasteiger partial charge in [-0.1, -0.05) is 50.0 Å². The van der Waals surface area contributed by atoms with Crippen LogP contribution in [-0.2, 0) is 0 Å². The Morgan fingerprint density at radius 1 is 1.14 bits per heavy atom. The van der Waals surface area contributed by atoms with Crippen molar-refractivity contribution in [1.82, 2.24) is 0 Å². The van der Waals surface area contributed by atoms with Crippen LogP contribution in [-0.4, -0.2) is 35.8 Å². The number of aliphatic hydroxyl groups excluding tert-OH is 1. The predicted octanol–water partition coefficient (Wildman–Crippen LogP) is 3.32. The van der Waals surface area contributed by atoms with Crippen molar-refractivity contribution in [3.8, 4) is 0 Å². The summed E-state index contributed by atoms with van der Waals surface area (Å²) in [4.78, 5) is 0. The lowest BCUT2D eigenvalue weighted by Crippen LogP contribution is -2.44. The third-order valence-electron chi connectivity index (χ3n) is 3.43. The van der Waals surface area contributed by atoms with Crippen LogP contribution in [0.4, 0.5) is 0 Å². The van der Waals surface area contributed by atoms with Gasteiger partial charge in [-0.15, -0.1) is 0 Å². The summed E-state index contributed by atoms with van der Waals surface area (Å²) in [6.07, 6.45) is 1.58. The minimum Gasteiger partial charge on any atom is -0.392 e. The molecule has 0 unspecified atom stereocenters. The molecule has 4 heteroatoms. The van der Waals surface area contributed by atoms with Crippen LogP contribution in [0.15, 0.2) is 46.7 Å². The summed E-state index contributed by atoms with van der Waals surface area (Å²) in [5.74, 6) is -2.00. The fourth-order valence-corrected chi connectivity index (χ4v) is 5.11. The van der Waals surface area contributed by atoms with E-state index >= 15 is 0 Å². The molecular formula is C17H30O3Si. The molecular weight excluding hydrogens is 280 g/mol. The first kappa shape index (κ1) is 20.1. The standard InChI is InChI=1S/C17H30O3Si/c1-9-14(11-18)16(21(6,7)8)17(19,20)10-15(12(2)3)13(4)5/h9,18-20H,1-2,10-11H2,3-8H3/b16-14+. The van der Waals surface area contributed by atoms with E-state index in [1.54, 1.807) is 0 Å². The van der Waals surface area contributed by atoms with E-state index in [1.807, 2.05) is 40.4 Å². The molecule has 120 valence electrons. The van der Waals surface area contributed by atoms with E-state index in [1.165, 1.54) is 6.08 Å². The molecule has 0 fully saturated rings. The highest BCUT2D eigenvalue weighted by Crippen LogP contribution is 2.35. The molecule has 21 heavy (non-hydrogen) atoms. The first-order valence-electron chi connectivity index (χ1n) is 7.12. The van der Waals surface area contributed by atoms with Gasteiger partial charge in [0.15, 0.2) is 5.79 Å². The molecule has 3 N–H and O–H groups in total. The van der Waals surface area contributed by atoms with Crippen molar-refractivity contribution >= 4 is 8.07 Å². The molecule has 0 saturated carbocycles. The van der Waals surface area contributed by atoms with Gasteiger partial charge in [-0.25, -0.2) is 0 Å². The number of allylic oxidation sites excluding steroid dienone is 2. The summed E-state index contributed by atoms with van der Waals surface area (Å²) in [5, 5.41) is 31.5. The van der Waals surface area contributed by atoms with Gasteiger partial charge < -0.3 is 15.3 Å². The van der Waals surface area contributed by atoms with Crippen molar-refractivity contribution in [2.75, 3.05) is 6.61 Å². The van der Waals surface area contributed by atoms with E-state index in [0.717, 1.165) is 16.7 Å². The summed E-state index contributed by atoms with van der Waals surface area (Å²) in [6, 6.07) is 0. The SMILES string of the molecule is C=C/C(CO)=C(/C(O)(O)CC(C(=C)C)=C(C)C)[Si](C)(C)C. The fraction of sp³-hybridized carbons (Fsp3) is 0.529. The van der Waals surface area contributed by atoms with E-state index in [9.17, 15) is 15.3 Å². The van der Waals surface area contributed by atoms with Crippen molar-refractivity contribution in [2.45, 2.75) is 52.6 Å². The zero-order chi connectivity index (χ0) is 17.0. The zero-order valence-corrected chi connectivity index (χ0v) is 15.2. The van der Waals surface area contributed by atoms with Crippen molar-refractivity contribution in [2.24, 2.45) is 0 Å². The highest BCUT2D eigenvalue weighted by Gasteiger charge is 2.39. The summed E-state index contributed by atoms with van der Waals surface area (Å²) in [5.41, 5.74) is 3.18. The average molecular weight is 311 g/mol. The highest BCUT2D eigenvalue weighted by molar-refractivity contribution is 6.83. The minimum absolute atomic E-state index is 0.0710. The first-order chi connectivity index (χ1) is 9.38. The van der Waals surface area contributed by atoms with Gasteiger partial charge in [-0.05, 0) is 37.1 Å². The minimum atomic E-state index is -2.07. The lowest BCUT2D eigenvalue weighted by Gasteiger charge is -2.35. The predicted molar refractivity (Wildman–Crippen MR) is 92.6 cm³/mol. The van der Waals surface area contributed by atoms with Crippen molar-refractivity contribution < 1.29 is 15.3 Å². The van der Waals surface area contributed by atoms with Crippen LogP contribution in [0, 0.1) is 0 Å². The lowest BCUT2D eigenvalue weighted by molar-refractivity contribution is -0.121. The van der Waals surface area contributed by atoms with Crippen molar-refractivity contribution in [3.05, 3.63) is 46.7 Å². The van der Waals surface area contributed by atoms with Gasteiger partial charge in [-0.3, -0.25) is 0 Å². The van der Waals surface area contributed by atoms with Crippen LogP contribution in [0.5, 0.6) is 0 Å². The summed E-state index contributed by atoms with van der Waals surface area (Å²) in [7, 11) is -2.07. The summed E-state index contributed by atoms with van der Waals surface area (Å²) < 4.78 is 0. The Kier molecular flexibility index (Phi) is 7.03. The second-order valence-corrected chi connectivity index (χ2v) is 11.8. The smallest absolute Gasteiger partial charge is 0.186 e. The molecule has 0 aromatic rings. The summed E-state index contributed by atoms with van der Waals surface area (Å²) >= 11 is 0. The molecule has 0 aromatic heterocycles.